The van der Waals surface area contributed by atoms with Crippen LogP contribution in [0.15, 0.2) is 164 Å². The first kappa shape index (κ1) is 26.2. The van der Waals surface area contributed by atoms with Gasteiger partial charge in [0.2, 0.25) is 0 Å². The number of hydrogen-bond donors (Lipinski definition) is 0. The van der Waals surface area contributed by atoms with Gasteiger partial charge in [-0.25, -0.2) is 0 Å². The fourth-order valence-electron chi connectivity index (χ4n) is 6.83. The Morgan fingerprint density at radius 3 is 1.26 bits per heavy atom. The largest absolute Gasteiger partial charge is 0.256 e. The lowest BCUT2D eigenvalue weighted by atomic mass is 9.86. The van der Waals surface area contributed by atoms with Crippen molar-refractivity contribution in [3.8, 4) is 56.0 Å². The molecule has 0 saturated carbocycles. The summed E-state index contributed by atoms with van der Waals surface area (Å²) in [4.78, 5) is 14.0. The lowest BCUT2D eigenvalue weighted by Crippen LogP contribution is -1.92. The average molecular weight is 586 g/mol. The van der Waals surface area contributed by atoms with E-state index in [9.17, 15) is 0 Å². The minimum absolute atomic E-state index is 0.941. The molecule has 0 aliphatic rings. The van der Waals surface area contributed by atoms with Crippen molar-refractivity contribution < 1.29 is 0 Å². The molecule has 3 heteroatoms. The summed E-state index contributed by atoms with van der Waals surface area (Å²) in [5, 5.41) is 7.55. The second-order valence-electron chi connectivity index (χ2n) is 11.7. The van der Waals surface area contributed by atoms with E-state index in [0.29, 0.717) is 0 Å². The van der Waals surface area contributed by atoms with Gasteiger partial charge in [0.05, 0.1) is 17.1 Å². The number of aromatic nitrogens is 3. The van der Waals surface area contributed by atoms with Gasteiger partial charge in [0.1, 0.15) is 0 Å². The zero-order valence-electron chi connectivity index (χ0n) is 24.9. The van der Waals surface area contributed by atoms with Crippen LogP contribution in [0.3, 0.4) is 0 Å². The molecule has 6 aromatic carbocycles. The van der Waals surface area contributed by atoms with E-state index in [4.69, 9.17) is 0 Å². The molecule has 0 amide bonds. The highest BCUT2D eigenvalue weighted by Gasteiger charge is 2.17. The van der Waals surface area contributed by atoms with Gasteiger partial charge in [0, 0.05) is 35.3 Å². The van der Waals surface area contributed by atoms with Crippen LogP contribution in [0.5, 0.6) is 0 Å². The Morgan fingerprint density at radius 1 is 0.304 bits per heavy atom. The topological polar surface area (TPSA) is 38.7 Å². The second kappa shape index (κ2) is 10.8. The highest BCUT2D eigenvalue weighted by molar-refractivity contribution is 6.27. The Kier molecular flexibility index (Phi) is 6.14. The summed E-state index contributed by atoms with van der Waals surface area (Å²) in [6.07, 6.45) is 5.55. The molecule has 0 aliphatic heterocycles. The van der Waals surface area contributed by atoms with Gasteiger partial charge in [0.25, 0.3) is 0 Å². The molecule has 0 saturated heterocycles. The van der Waals surface area contributed by atoms with Crippen LogP contribution in [0.1, 0.15) is 0 Å². The summed E-state index contributed by atoms with van der Waals surface area (Å²) in [5.74, 6) is 0. The predicted molar refractivity (Wildman–Crippen MR) is 191 cm³/mol. The number of nitrogens with zero attached hydrogens (tertiary/aromatic N) is 3. The third kappa shape index (κ3) is 4.41. The third-order valence-electron chi connectivity index (χ3n) is 8.96. The maximum Gasteiger partial charge on any atom is 0.0702 e. The molecular weight excluding hydrogens is 558 g/mol. The van der Waals surface area contributed by atoms with Crippen molar-refractivity contribution in [2.24, 2.45) is 0 Å². The molecule has 0 aliphatic carbocycles. The van der Waals surface area contributed by atoms with E-state index in [1.807, 2.05) is 55.0 Å². The Bertz CT molecular complexity index is 2450. The van der Waals surface area contributed by atoms with Crippen LogP contribution in [-0.4, -0.2) is 15.0 Å². The van der Waals surface area contributed by atoms with E-state index in [1.54, 1.807) is 0 Å². The van der Waals surface area contributed by atoms with Crippen molar-refractivity contribution in [3.63, 3.8) is 0 Å². The summed E-state index contributed by atoms with van der Waals surface area (Å²) in [6.45, 7) is 0. The third-order valence-corrected chi connectivity index (χ3v) is 8.96. The molecule has 0 radical (unpaired) electrons. The van der Waals surface area contributed by atoms with E-state index < -0.39 is 0 Å². The molecule has 3 heterocycles. The van der Waals surface area contributed by atoms with Crippen LogP contribution in [-0.2, 0) is 0 Å². The standard InChI is InChI=1S/C43H27N3/c1-4-21-44-39(10-1)31-9-7-8-30(24-31)35-17-13-28-16-20-38-36(18-14-29-15-19-37(35)42(28)43(29)38)32-25-33(40-11-2-5-22-45-40)27-34(26-32)41-12-3-6-23-46-41/h1-27H. The summed E-state index contributed by atoms with van der Waals surface area (Å²) in [7, 11) is 0. The van der Waals surface area contributed by atoms with Crippen LogP contribution in [0.2, 0.25) is 0 Å². The van der Waals surface area contributed by atoms with Gasteiger partial charge in [-0.1, -0.05) is 84.9 Å². The zero-order valence-corrected chi connectivity index (χ0v) is 24.9. The van der Waals surface area contributed by atoms with Gasteiger partial charge < -0.3 is 0 Å². The molecule has 9 aromatic rings. The lowest BCUT2D eigenvalue weighted by molar-refractivity contribution is 1.31. The second-order valence-corrected chi connectivity index (χ2v) is 11.7. The number of hydrogen-bond acceptors (Lipinski definition) is 3. The molecule has 0 unspecified atom stereocenters. The Labute approximate surface area is 266 Å². The van der Waals surface area contributed by atoms with Crippen LogP contribution in [0.4, 0.5) is 0 Å². The van der Waals surface area contributed by atoms with Crippen LogP contribution in [0.25, 0.3) is 88.3 Å². The summed E-state index contributed by atoms with van der Waals surface area (Å²) in [6, 6.07) is 51.7. The molecule has 0 atom stereocenters. The molecule has 46 heavy (non-hydrogen) atoms. The monoisotopic (exact) mass is 585 g/mol. The predicted octanol–water partition coefficient (Wildman–Crippen LogP) is 11.1. The molecule has 0 bridgehead atoms. The fourth-order valence-corrected chi connectivity index (χ4v) is 6.83. The first-order valence-corrected chi connectivity index (χ1v) is 15.5. The SMILES string of the molecule is c1ccc(-c2cccc(-c3ccc4ccc5c(-c6cc(-c7ccccn7)cc(-c7ccccn7)c6)ccc6ccc3c4c65)c2)nc1. The molecule has 0 N–H and O–H groups in total. The Balaban J connectivity index is 1.27. The van der Waals surface area contributed by atoms with Gasteiger partial charge >= 0.3 is 0 Å². The van der Waals surface area contributed by atoms with Crippen molar-refractivity contribution in [1.82, 2.24) is 15.0 Å². The van der Waals surface area contributed by atoms with Gasteiger partial charge in [0.15, 0.2) is 0 Å². The van der Waals surface area contributed by atoms with Crippen molar-refractivity contribution in [2.45, 2.75) is 0 Å². The number of pyridine rings is 3. The minimum Gasteiger partial charge on any atom is -0.256 e. The first-order valence-electron chi connectivity index (χ1n) is 15.5. The van der Waals surface area contributed by atoms with E-state index >= 15 is 0 Å². The molecular formula is C43H27N3. The molecule has 0 spiro atoms. The summed E-state index contributed by atoms with van der Waals surface area (Å²) < 4.78 is 0. The smallest absolute Gasteiger partial charge is 0.0702 e. The maximum atomic E-state index is 4.69. The normalized spacial score (nSPS) is 11.5. The van der Waals surface area contributed by atoms with E-state index in [0.717, 1.165) is 39.3 Å². The van der Waals surface area contributed by atoms with Crippen molar-refractivity contribution in [3.05, 3.63) is 164 Å². The first-order chi connectivity index (χ1) is 22.8. The van der Waals surface area contributed by atoms with Gasteiger partial charge in [-0.15, -0.1) is 0 Å². The summed E-state index contributed by atoms with van der Waals surface area (Å²) in [5.41, 5.74) is 10.9. The van der Waals surface area contributed by atoms with Crippen LogP contribution < -0.4 is 0 Å². The molecule has 3 aromatic heterocycles. The van der Waals surface area contributed by atoms with E-state index in [-0.39, 0.29) is 0 Å². The van der Waals surface area contributed by atoms with Crippen molar-refractivity contribution >= 4 is 32.3 Å². The van der Waals surface area contributed by atoms with Gasteiger partial charge in [-0.3, -0.25) is 15.0 Å². The lowest BCUT2D eigenvalue weighted by Gasteiger charge is -2.17. The maximum absolute atomic E-state index is 4.69. The Morgan fingerprint density at radius 2 is 0.739 bits per heavy atom. The zero-order chi connectivity index (χ0) is 30.5. The summed E-state index contributed by atoms with van der Waals surface area (Å²) >= 11 is 0. The van der Waals surface area contributed by atoms with Crippen molar-refractivity contribution in [2.75, 3.05) is 0 Å². The van der Waals surface area contributed by atoms with E-state index in [2.05, 4.69) is 124 Å². The highest BCUT2D eigenvalue weighted by atomic mass is 14.7. The molecule has 0 fully saturated rings. The van der Waals surface area contributed by atoms with Crippen molar-refractivity contribution in [1.29, 1.82) is 0 Å². The van der Waals surface area contributed by atoms with Gasteiger partial charge in [-0.2, -0.15) is 0 Å². The highest BCUT2D eigenvalue weighted by Crippen LogP contribution is 2.43. The van der Waals surface area contributed by atoms with Crippen LogP contribution >= 0.6 is 0 Å². The van der Waals surface area contributed by atoms with Gasteiger partial charge in [-0.05, 0) is 115 Å². The molecule has 9 rings (SSSR count). The minimum atomic E-state index is 0.941. The number of benzene rings is 6. The van der Waals surface area contributed by atoms with E-state index in [1.165, 1.54) is 49.0 Å². The average Bonchev–Trinajstić information content (AvgIpc) is 3.14. The molecule has 3 nitrogen and oxygen atoms in total. The molecule has 214 valence electrons. The van der Waals surface area contributed by atoms with Crippen LogP contribution in [0, 0.1) is 0 Å². The quantitative estimate of drug-likeness (QED) is 0.189. The Hall–Kier alpha value is -6.19. The number of rotatable bonds is 5. The fraction of sp³-hybridized carbons (Fsp3) is 0.